The summed E-state index contributed by atoms with van der Waals surface area (Å²) >= 11 is 0. The number of aromatic nitrogens is 2. The van der Waals surface area contributed by atoms with Crippen molar-refractivity contribution in [1.29, 1.82) is 0 Å². The van der Waals surface area contributed by atoms with Crippen molar-refractivity contribution in [2.75, 3.05) is 0 Å². The van der Waals surface area contributed by atoms with Gasteiger partial charge < -0.3 is 4.42 Å². The minimum Gasteiger partial charge on any atom is -0.456 e. The summed E-state index contributed by atoms with van der Waals surface area (Å²) in [5.74, 6) is -0.319. The second-order valence-corrected chi connectivity index (χ2v) is 8.51. The molecule has 0 amide bonds. The van der Waals surface area contributed by atoms with E-state index in [-0.39, 0.29) is 5.58 Å². The number of hydrogen-bond donors (Lipinski definition) is 0. The molecule has 0 aliphatic rings. The lowest BCUT2D eigenvalue weighted by Gasteiger charge is -2.10. The fourth-order valence-electron chi connectivity index (χ4n) is 4.76. The second-order valence-electron chi connectivity index (χ2n) is 8.51. The Morgan fingerprint density at radius 2 is 1.59 bits per heavy atom. The first-order valence-electron chi connectivity index (χ1n) is 11.1. The highest BCUT2D eigenvalue weighted by atomic mass is 19.1. The highest BCUT2D eigenvalue weighted by Crippen LogP contribution is 2.37. The molecule has 0 unspecified atom stereocenters. The van der Waals surface area contributed by atoms with Crippen LogP contribution in [0.2, 0.25) is 0 Å². The monoisotopic (exact) mass is 451 g/mol. The first-order chi connectivity index (χ1) is 16.5. The molecule has 0 N–H and O–H groups in total. The van der Waals surface area contributed by atoms with Gasteiger partial charge in [-0.25, -0.2) is 13.3 Å². The van der Waals surface area contributed by atoms with Gasteiger partial charge in [0.05, 0.1) is 18.0 Å². The predicted molar refractivity (Wildman–Crippen MR) is 130 cm³/mol. The molecule has 0 saturated heterocycles. The molecule has 0 aliphatic heterocycles. The summed E-state index contributed by atoms with van der Waals surface area (Å²) in [6, 6.07) is 24.5. The largest absolute Gasteiger partial charge is 0.456 e. The van der Waals surface area contributed by atoms with Gasteiger partial charge in [-0.1, -0.05) is 48.5 Å². The molecule has 6 aromatic rings. The number of fused-ring (bicyclic) bond motifs is 3. The molecule has 0 atom stereocenters. The highest BCUT2D eigenvalue weighted by Gasteiger charge is 2.25. The van der Waals surface area contributed by atoms with Gasteiger partial charge in [-0.3, -0.25) is 0 Å². The highest BCUT2D eigenvalue weighted by molar-refractivity contribution is 6.06. The van der Waals surface area contributed by atoms with Crippen LogP contribution < -0.4 is 4.57 Å². The summed E-state index contributed by atoms with van der Waals surface area (Å²) in [5, 5.41) is 0.944. The molecule has 5 heteroatoms. The van der Waals surface area contributed by atoms with E-state index in [1.807, 2.05) is 68.8 Å². The van der Waals surface area contributed by atoms with E-state index in [0.29, 0.717) is 16.4 Å². The van der Waals surface area contributed by atoms with Crippen LogP contribution in [0, 0.1) is 18.6 Å². The number of hydrogen-bond acceptors (Lipinski definition) is 1. The van der Waals surface area contributed by atoms with Crippen molar-refractivity contribution in [3.63, 3.8) is 0 Å². The van der Waals surface area contributed by atoms with Crippen molar-refractivity contribution in [2.45, 2.75) is 6.92 Å². The van der Waals surface area contributed by atoms with Crippen molar-refractivity contribution < 1.29 is 17.8 Å². The van der Waals surface area contributed by atoms with E-state index < -0.39 is 11.6 Å². The third-order valence-corrected chi connectivity index (χ3v) is 6.33. The summed E-state index contributed by atoms with van der Waals surface area (Å²) in [6.45, 7) is 2.00. The fourth-order valence-corrected chi connectivity index (χ4v) is 4.76. The van der Waals surface area contributed by atoms with Crippen LogP contribution in [0.15, 0.2) is 95.7 Å². The molecular formula is C29H21F2N2O+. The van der Waals surface area contributed by atoms with Crippen LogP contribution in [-0.2, 0) is 7.05 Å². The Morgan fingerprint density at radius 3 is 2.41 bits per heavy atom. The Kier molecular flexibility index (Phi) is 4.59. The smallest absolute Gasteiger partial charge is 0.294 e. The maximum atomic E-state index is 14.6. The first kappa shape index (κ1) is 20.4. The molecule has 0 saturated carbocycles. The van der Waals surface area contributed by atoms with E-state index >= 15 is 0 Å². The lowest BCUT2D eigenvalue weighted by molar-refractivity contribution is -0.659. The quantitative estimate of drug-likeness (QED) is 0.263. The summed E-state index contributed by atoms with van der Waals surface area (Å²) in [6.07, 6.45) is 4.04. The average molecular weight is 451 g/mol. The maximum Gasteiger partial charge on any atom is 0.294 e. The molecule has 0 radical (unpaired) electrons. The second kappa shape index (κ2) is 7.66. The number of benzene rings is 4. The van der Waals surface area contributed by atoms with Gasteiger partial charge in [0.2, 0.25) is 0 Å². The van der Waals surface area contributed by atoms with E-state index in [1.54, 1.807) is 0 Å². The van der Waals surface area contributed by atoms with Gasteiger partial charge in [0.15, 0.2) is 0 Å². The van der Waals surface area contributed by atoms with Crippen LogP contribution in [0.3, 0.4) is 0 Å². The Morgan fingerprint density at radius 1 is 0.824 bits per heavy atom. The number of halogens is 2. The van der Waals surface area contributed by atoms with Gasteiger partial charge in [0.25, 0.3) is 5.82 Å². The molecule has 34 heavy (non-hydrogen) atoms. The van der Waals surface area contributed by atoms with E-state index in [0.717, 1.165) is 39.8 Å². The molecule has 0 aliphatic carbocycles. The normalized spacial score (nSPS) is 11.5. The third kappa shape index (κ3) is 3.12. The lowest BCUT2D eigenvalue weighted by Crippen LogP contribution is -2.29. The van der Waals surface area contributed by atoms with Gasteiger partial charge in [-0.05, 0) is 36.2 Å². The standard InChI is InChI=1S/C29H21F2N2O/c1-18-14-23-26(34-27-16-20(30)15-24(31)28(23)27)17-22(18)29-32(2)12-13-33(29)25-11-7-6-10-21(25)19-8-4-3-5-9-19/h3-17H,1-2H3/q+1. The maximum absolute atomic E-state index is 14.6. The third-order valence-electron chi connectivity index (χ3n) is 6.33. The average Bonchev–Trinajstić information content (AvgIpc) is 3.38. The Hall–Kier alpha value is -4.25. The summed E-state index contributed by atoms with van der Waals surface area (Å²) < 4.78 is 38.4. The lowest BCUT2D eigenvalue weighted by atomic mass is 10.0. The Balaban J connectivity index is 1.60. The van der Waals surface area contributed by atoms with Crippen LogP contribution in [0.1, 0.15) is 5.56 Å². The van der Waals surface area contributed by atoms with Crippen molar-refractivity contribution in [1.82, 2.24) is 4.57 Å². The molecule has 2 aromatic heterocycles. The minimum atomic E-state index is -0.654. The van der Waals surface area contributed by atoms with Crippen LogP contribution >= 0.6 is 0 Å². The van der Waals surface area contributed by atoms with Crippen molar-refractivity contribution in [3.05, 3.63) is 108 Å². The summed E-state index contributed by atoms with van der Waals surface area (Å²) in [4.78, 5) is 0. The van der Waals surface area contributed by atoms with Crippen LogP contribution in [0.5, 0.6) is 0 Å². The number of para-hydroxylation sites is 1. The molecule has 6 rings (SSSR count). The molecule has 0 spiro atoms. The zero-order chi connectivity index (χ0) is 23.4. The molecule has 166 valence electrons. The number of imidazole rings is 1. The predicted octanol–water partition coefficient (Wildman–Crippen LogP) is 7.12. The molecule has 0 bridgehead atoms. The van der Waals surface area contributed by atoms with Gasteiger partial charge in [0.1, 0.15) is 40.9 Å². The number of aryl methyl sites for hydroxylation is 2. The van der Waals surface area contributed by atoms with Crippen molar-refractivity contribution >= 4 is 21.9 Å². The molecule has 4 aromatic carbocycles. The van der Waals surface area contributed by atoms with Crippen LogP contribution in [0.25, 0.3) is 50.1 Å². The zero-order valence-electron chi connectivity index (χ0n) is 18.7. The van der Waals surface area contributed by atoms with Gasteiger partial charge in [-0.15, -0.1) is 0 Å². The Bertz CT molecular complexity index is 1700. The van der Waals surface area contributed by atoms with E-state index in [2.05, 4.69) is 33.4 Å². The van der Waals surface area contributed by atoms with Crippen LogP contribution in [0.4, 0.5) is 8.78 Å². The first-order valence-corrected chi connectivity index (χ1v) is 11.1. The van der Waals surface area contributed by atoms with Gasteiger partial charge in [-0.2, -0.15) is 4.57 Å². The van der Waals surface area contributed by atoms with Crippen molar-refractivity contribution in [2.24, 2.45) is 7.05 Å². The van der Waals surface area contributed by atoms with E-state index in [4.69, 9.17) is 4.42 Å². The van der Waals surface area contributed by atoms with E-state index in [9.17, 15) is 8.78 Å². The van der Waals surface area contributed by atoms with Crippen LogP contribution in [-0.4, -0.2) is 4.57 Å². The number of nitrogens with zero attached hydrogens (tertiary/aromatic N) is 2. The van der Waals surface area contributed by atoms with Gasteiger partial charge >= 0.3 is 0 Å². The topological polar surface area (TPSA) is 21.9 Å². The Labute approximate surface area is 195 Å². The van der Waals surface area contributed by atoms with Gasteiger partial charge in [0, 0.05) is 23.1 Å². The SMILES string of the molecule is Cc1cc2c(cc1-c1n(-c3ccccc3-c3ccccc3)cc[n+]1C)oc1cc(F)cc(F)c12. The summed E-state index contributed by atoms with van der Waals surface area (Å²) in [7, 11) is 1.99. The minimum absolute atomic E-state index is 0.207. The number of rotatable bonds is 3. The molecular weight excluding hydrogens is 430 g/mol. The fraction of sp³-hybridized carbons (Fsp3) is 0.0690. The zero-order valence-corrected chi connectivity index (χ0v) is 18.7. The molecule has 3 nitrogen and oxygen atoms in total. The molecule has 0 fully saturated rings. The summed E-state index contributed by atoms with van der Waals surface area (Å²) in [5.41, 5.74) is 5.92. The van der Waals surface area contributed by atoms with Crippen molar-refractivity contribution in [3.8, 4) is 28.2 Å². The molecule has 2 heterocycles. The van der Waals surface area contributed by atoms with E-state index in [1.165, 1.54) is 6.07 Å². The number of furan rings is 1.